The molecule has 0 spiro atoms. The van der Waals surface area contributed by atoms with Gasteiger partial charge in [-0.2, -0.15) is 5.26 Å². The number of aryl methyl sites for hydroxylation is 2. The Hall–Kier alpha value is -2.32. The van der Waals surface area contributed by atoms with Crippen LogP contribution < -0.4 is 5.32 Å². The van der Waals surface area contributed by atoms with E-state index in [1.807, 2.05) is 19.1 Å². The third-order valence-electron chi connectivity index (χ3n) is 5.01. The molecule has 1 aromatic carbocycles. The van der Waals surface area contributed by atoms with Crippen molar-refractivity contribution >= 4 is 11.6 Å². The van der Waals surface area contributed by atoms with Crippen LogP contribution in [0.25, 0.3) is 0 Å². The van der Waals surface area contributed by atoms with Crippen molar-refractivity contribution in [2.24, 2.45) is 0 Å². The number of hydrogen-bond acceptors (Lipinski definition) is 4. The first-order valence-electron chi connectivity index (χ1n) is 8.88. The molecule has 0 radical (unpaired) electrons. The fourth-order valence-corrected chi connectivity index (χ4v) is 3.25. The fourth-order valence-electron chi connectivity index (χ4n) is 3.25. The van der Waals surface area contributed by atoms with Gasteiger partial charge in [0.05, 0.1) is 0 Å². The van der Waals surface area contributed by atoms with Crippen LogP contribution in [0.15, 0.2) is 30.0 Å². The van der Waals surface area contributed by atoms with Crippen molar-refractivity contribution < 1.29 is 4.79 Å². The van der Waals surface area contributed by atoms with Crippen molar-refractivity contribution in [1.29, 1.82) is 5.26 Å². The average Bonchev–Trinajstić information content (AvgIpc) is 2.63. The first kappa shape index (κ1) is 19.0. The second-order valence-electron chi connectivity index (χ2n) is 6.73. The molecule has 1 aliphatic heterocycles. The number of carbonyl (C=O) groups is 1. The predicted molar refractivity (Wildman–Crippen MR) is 101 cm³/mol. The van der Waals surface area contributed by atoms with Crippen LogP contribution in [0.2, 0.25) is 0 Å². The van der Waals surface area contributed by atoms with Crippen LogP contribution >= 0.6 is 0 Å². The van der Waals surface area contributed by atoms with Crippen LogP contribution in [0.5, 0.6) is 0 Å². The number of piperidine rings is 1. The second kappa shape index (κ2) is 8.68. The van der Waals surface area contributed by atoms with Gasteiger partial charge in [0.1, 0.15) is 11.6 Å². The van der Waals surface area contributed by atoms with Gasteiger partial charge in [-0.25, -0.2) is 0 Å². The van der Waals surface area contributed by atoms with E-state index >= 15 is 0 Å². The molecular formula is C20H28N4O. The van der Waals surface area contributed by atoms with E-state index in [0.717, 1.165) is 43.6 Å². The number of nitrogens with zero attached hydrogens (tertiary/aromatic N) is 3. The normalized spacial score (nSPS) is 16.4. The molecule has 1 N–H and O–H groups in total. The average molecular weight is 340 g/mol. The van der Waals surface area contributed by atoms with Crippen LogP contribution in [0, 0.1) is 18.3 Å². The van der Waals surface area contributed by atoms with Gasteiger partial charge in [0.2, 0.25) is 0 Å². The van der Waals surface area contributed by atoms with E-state index < -0.39 is 0 Å². The van der Waals surface area contributed by atoms with E-state index in [9.17, 15) is 10.1 Å². The molecular weight excluding hydrogens is 312 g/mol. The molecule has 0 atom stereocenters. The molecule has 1 saturated heterocycles. The summed E-state index contributed by atoms with van der Waals surface area (Å²) in [5.74, 6) is -0.212. The van der Waals surface area contributed by atoms with Crippen molar-refractivity contribution in [1.82, 2.24) is 9.80 Å². The first-order chi connectivity index (χ1) is 12.0. The summed E-state index contributed by atoms with van der Waals surface area (Å²) in [6, 6.07) is 8.35. The molecule has 1 heterocycles. The third kappa shape index (κ3) is 4.61. The number of anilines is 1. The maximum Gasteiger partial charge on any atom is 0.266 e. The summed E-state index contributed by atoms with van der Waals surface area (Å²) in [6.45, 7) is 6.08. The molecule has 1 amide bonds. The number of hydrogen-bond donors (Lipinski definition) is 1. The lowest BCUT2D eigenvalue weighted by molar-refractivity contribution is -0.128. The van der Waals surface area contributed by atoms with E-state index in [-0.39, 0.29) is 17.5 Å². The first-order valence-corrected chi connectivity index (χ1v) is 8.88. The number of nitrogens with one attached hydrogen (secondary N) is 1. The molecule has 1 fully saturated rings. The predicted octanol–water partition coefficient (Wildman–Crippen LogP) is 2.93. The van der Waals surface area contributed by atoms with Crippen LogP contribution in [0.3, 0.4) is 0 Å². The standard InChI is InChI=1S/C20H28N4O/c1-5-16-8-6-7-15(2)19(16)22-14-17(13-21)20(25)24(4)18-9-11-23(3)12-10-18/h6-8,14,18,22H,5,9-12H2,1-4H3/b17-14-. The quantitative estimate of drug-likeness (QED) is 0.661. The number of amides is 1. The van der Waals surface area contributed by atoms with Crippen molar-refractivity contribution in [3.05, 3.63) is 41.1 Å². The highest BCUT2D eigenvalue weighted by Crippen LogP contribution is 2.22. The lowest BCUT2D eigenvalue weighted by Crippen LogP contribution is -2.44. The Bertz CT molecular complexity index is 681. The van der Waals surface area contributed by atoms with Gasteiger partial charge in [0.15, 0.2) is 0 Å². The SMILES string of the molecule is CCc1cccc(C)c1N/C=C(/C#N)C(=O)N(C)C1CCN(C)CC1. The van der Waals surface area contributed by atoms with Gasteiger partial charge in [-0.05, 0) is 57.5 Å². The molecule has 134 valence electrons. The summed E-state index contributed by atoms with van der Waals surface area (Å²) in [4.78, 5) is 16.7. The summed E-state index contributed by atoms with van der Waals surface area (Å²) in [7, 11) is 3.89. The Morgan fingerprint density at radius 1 is 1.44 bits per heavy atom. The topological polar surface area (TPSA) is 59.4 Å². The Morgan fingerprint density at radius 3 is 2.72 bits per heavy atom. The zero-order chi connectivity index (χ0) is 18.4. The van der Waals surface area contributed by atoms with Crippen molar-refractivity contribution in [2.75, 3.05) is 32.5 Å². The maximum atomic E-state index is 12.7. The fraction of sp³-hybridized carbons (Fsp3) is 0.500. The summed E-state index contributed by atoms with van der Waals surface area (Å²) in [5, 5.41) is 12.6. The molecule has 5 heteroatoms. The molecule has 0 saturated carbocycles. The van der Waals surface area contributed by atoms with Crippen molar-refractivity contribution in [3.8, 4) is 6.07 Å². The summed E-state index contributed by atoms with van der Waals surface area (Å²) in [5.41, 5.74) is 3.40. The number of likely N-dealkylation sites (tertiary alicyclic amines) is 1. The summed E-state index contributed by atoms with van der Waals surface area (Å²) in [6.07, 6.45) is 4.34. The minimum absolute atomic E-state index is 0.145. The smallest absolute Gasteiger partial charge is 0.266 e. The van der Waals surface area contributed by atoms with Gasteiger partial charge in [-0.1, -0.05) is 25.1 Å². The molecule has 0 aliphatic carbocycles. The molecule has 2 rings (SSSR count). The summed E-state index contributed by atoms with van der Waals surface area (Å²) < 4.78 is 0. The Balaban J connectivity index is 2.12. The van der Waals surface area contributed by atoms with E-state index in [4.69, 9.17) is 0 Å². The zero-order valence-electron chi connectivity index (χ0n) is 15.7. The number of nitriles is 1. The van der Waals surface area contributed by atoms with Gasteiger partial charge in [-0.3, -0.25) is 4.79 Å². The Labute approximate surface area is 150 Å². The van der Waals surface area contributed by atoms with Crippen LogP contribution in [-0.4, -0.2) is 48.9 Å². The number of carbonyl (C=O) groups excluding carboxylic acids is 1. The van der Waals surface area contributed by atoms with Crippen LogP contribution in [-0.2, 0) is 11.2 Å². The van der Waals surface area contributed by atoms with E-state index in [0.29, 0.717) is 0 Å². The minimum atomic E-state index is -0.212. The molecule has 5 nitrogen and oxygen atoms in total. The molecule has 1 aromatic rings. The molecule has 0 unspecified atom stereocenters. The Kier molecular flexibility index (Phi) is 6.60. The van der Waals surface area contributed by atoms with Gasteiger partial charge in [0.25, 0.3) is 5.91 Å². The van der Waals surface area contributed by atoms with Gasteiger partial charge < -0.3 is 15.1 Å². The molecule has 1 aliphatic rings. The van der Waals surface area contributed by atoms with E-state index in [2.05, 4.69) is 36.3 Å². The van der Waals surface area contributed by atoms with Crippen LogP contribution in [0.1, 0.15) is 30.9 Å². The van der Waals surface area contributed by atoms with Crippen molar-refractivity contribution in [2.45, 2.75) is 39.2 Å². The van der Waals surface area contributed by atoms with Gasteiger partial charge in [0, 0.05) is 25.0 Å². The third-order valence-corrected chi connectivity index (χ3v) is 5.01. The van der Waals surface area contributed by atoms with Crippen molar-refractivity contribution in [3.63, 3.8) is 0 Å². The Morgan fingerprint density at radius 2 is 2.12 bits per heavy atom. The van der Waals surface area contributed by atoms with Gasteiger partial charge >= 0.3 is 0 Å². The van der Waals surface area contributed by atoms with Gasteiger partial charge in [-0.15, -0.1) is 0 Å². The largest absolute Gasteiger partial charge is 0.360 e. The number of likely N-dealkylation sites (N-methyl/N-ethyl adjacent to an activating group) is 1. The monoisotopic (exact) mass is 340 g/mol. The lowest BCUT2D eigenvalue weighted by atomic mass is 10.0. The number of para-hydroxylation sites is 1. The molecule has 0 aromatic heterocycles. The number of benzene rings is 1. The lowest BCUT2D eigenvalue weighted by Gasteiger charge is -2.35. The highest BCUT2D eigenvalue weighted by molar-refractivity contribution is 5.97. The molecule has 25 heavy (non-hydrogen) atoms. The number of rotatable bonds is 5. The second-order valence-corrected chi connectivity index (χ2v) is 6.73. The van der Waals surface area contributed by atoms with E-state index in [1.54, 1.807) is 18.1 Å². The highest BCUT2D eigenvalue weighted by Gasteiger charge is 2.25. The highest BCUT2D eigenvalue weighted by atomic mass is 16.2. The molecule has 0 bridgehead atoms. The maximum absolute atomic E-state index is 12.7. The van der Waals surface area contributed by atoms with E-state index in [1.165, 1.54) is 5.56 Å². The van der Waals surface area contributed by atoms with Crippen LogP contribution in [0.4, 0.5) is 5.69 Å². The zero-order valence-corrected chi connectivity index (χ0v) is 15.7. The summed E-state index contributed by atoms with van der Waals surface area (Å²) >= 11 is 0. The minimum Gasteiger partial charge on any atom is -0.360 e.